The van der Waals surface area contributed by atoms with Crippen LogP contribution in [-0.2, 0) is 17.5 Å². The Kier molecular flexibility index (Phi) is 5.76. The van der Waals surface area contributed by atoms with Crippen molar-refractivity contribution in [2.75, 3.05) is 5.32 Å². The molecule has 1 N–H and O–H groups in total. The molecule has 0 aliphatic rings. The summed E-state index contributed by atoms with van der Waals surface area (Å²) >= 11 is 0. The molecule has 0 aliphatic carbocycles. The van der Waals surface area contributed by atoms with Crippen molar-refractivity contribution in [3.8, 4) is 5.69 Å². The Morgan fingerprint density at radius 2 is 1.91 bits per heavy atom. The first-order valence-corrected chi connectivity index (χ1v) is 9.78. The van der Waals surface area contributed by atoms with Gasteiger partial charge in [0.15, 0.2) is 0 Å². The van der Waals surface area contributed by atoms with Gasteiger partial charge < -0.3 is 5.32 Å². The summed E-state index contributed by atoms with van der Waals surface area (Å²) in [5.41, 5.74) is -0.195. The summed E-state index contributed by atoms with van der Waals surface area (Å²) < 4.78 is 42.2. The second-order valence-electron chi connectivity index (χ2n) is 7.09. The number of fused-ring (bicyclic) bond motifs is 1. The van der Waals surface area contributed by atoms with Crippen LogP contribution in [0.5, 0.6) is 0 Å². The van der Waals surface area contributed by atoms with Gasteiger partial charge in [0.2, 0.25) is 5.91 Å². The second kappa shape index (κ2) is 8.66. The first kappa shape index (κ1) is 21.3. The molecular formula is C22H18F3N5O2. The van der Waals surface area contributed by atoms with Crippen LogP contribution in [0.1, 0.15) is 18.4 Å². The number of benzene rings is 2. The van der Waals surface area contributed by atoms with Crippen molar-refractivity contribution in [2.45, 2.75) is 25.6 Å². The zero-order valence-corrected chi connectivity index (χ0v) is 16.7. The van der Waals surface area contributed by atoms with E-state index in [4.69, 9.17) is 0 Å². The number of para-hydroxylation sites is 1. The van der Waals surface area contributed by atoms with E-state index < -0.39 is 17.6 Å². The van der Waals surface area contributed by atoms with E-state index >= 15 is 0 Å². The van der Waals surface area contributed by atoms with Crippen LogP contribution in [0.15, 0.2) is 72.0 Å². The van der Waals surface area contributed by atoms with Gasteiger partial charge in [-0.15, -0.1) is 0 Å². The largest absolute Gasteiger partial charge is 0.416 e. The molecule has 4 aromatic rings. The summed E-state index contributed by atoms with van der Waals surface area (Å²) in [5.74, 6) is -0.473. The third-order valence-corrected chi connectivity index (χ3v) is 4.88. The number of nitrogens with one attached hydrogen (secondary N) is 1. The third-order valence-electron chi connectivity index (χ3n) is 4.88. The molecule has 10 heteroatoms. The Morgan fingerprint density at radius 1 is 1.09 bits per heavy atom. The molecule has 0 radical (unpaired) electrons. The molecule has 2 aromatic heterocycles. The standard InChI is InChI=1S/C22H18F3N5O2/c23-22(24,25)15-8-9-19(30-12-4-10-27-30)18(13-15)28-20(31)7-3-11-29-14-26-17-6-2-1-5-16(17)21(29)32/h1-2,4-6,8-10,12-14H,3,7,11H2,(H,28,31). The fourth-order valence-electron chi connectivity index (χ4n) is 3.31. The number of aromatic nitrogens is 4. The average Bonchev–Trinajstić information content (AvgIpc) is 3.29. The highest BCUT2D eigenvalue weighted by atomic mass is 19.4. The lowest BCUT2D eigenvalue weighted by molar-refractivity contribution is -0.137. The van der Waals surface area contributed by atoms with Gasteiger partial charge in [0.25, 0.3) is 5.56 Å². The van der Waals surface area contributed by atoms with Crippen LogP contribution in [0.2, 0.25) is 0 Å². The van der Waals surface area contributed by atoms with Crippen molar-refractivity contribution < 1.29 is 18.0 Å². The lowest BCUT2D eigenvalue weighted by Crippen LogP contribution is -2.22. The number of carbonyl (C=O) groups is 1. The Labute approximate surface area is 180 Å². The lowest BCUT2D eigenvalue weighted by atomic mass is 10.1. The highest BCUT2D eigenvalue weighted by molar-refractivity contribution is 5.93. The van der Waals surface area contributed by atoms with Gasteiger partial charge in [-0.05, 0) is 42.8 Å². The minimum atomic E-state index is -4.55. The van der Waals surface area contributed by atoms with Crippen molar-refractivity contribution in [3.63, 3.8) is 0 Å². The number of amides is 1. The molecule has 4 rings (SSSR count). The number of rotatable bonds is 6. The monoisotopic (exact) mass is 441 g/mol. The highest BCUT2D eigenvalue weighted by Crippen LogP contribution is 2.33. The topological polar surface area (TPSA) is 81.8 Å². The van der Waals surface area contributed by atoms with Crippen LogP contribution in [0.3, 0.4) is 0 Å². The zero-order valence-electron chi connectivity index (χ0n) is 16.7. The second-order valence-corrected chi connectivity index (χ2v) is 7.09. The van der Waals surface area contributed by atoms with E-state index in [2.05, 4.69) is 15.4 Å². The van der Waals surface area contributed by atoms with Crippen LogP contribution >= 0.6 is 0 Å². The minimum Gasteiger partial charge on any atom is -0.324 e. The molecular weight excluding hydrogens is 423 g/mol. The summed E-state index contributed by atoms with van der Waals surface area (Å²) in [7, 11) is 0. The van der Waals surface area contributed by atoms with Gasteiger partial charge in [-0.1, -0.05) is 12.1 Å². The smallest absolute Gasteiger partial charge is 0.324 e. The van der Waals surface area contributed by atoms with Gasteiger partial charge in [0, 0.05) is 25.4 Å². The summed E-state index contributed by atoms with van der Waals surface area (Å²) in [5, 5.41) is 7.04. The highest BCUT2D eigenvalue weighted by Gasteiger charge is 2.31. The first-order chi connectivity index (χ1) is 15.3. The normalized spacial score (nSPS) is 11.6. The number of nitrogens with zero attached hydrogens (tertiary/aromatic N) is 4. The maximum Gasteiger partial charge on any atom is 0.416 e. The molecule has 0 fully saturated rings. The van der Waals surface area contributed by atoms with Gasteiger partial charge in [0.05, 0.1) is 34.2 Å². The van der Waals surface area contributed by atoms with E-state index in [9.17, 15) is 22.8 Å². The predicted molar refractivity (Wildman–Crippen MR) is 112 cm³/mol. The van der Waals surface area contributed by atoms with Crippen LogP contribution in [0, 0.1) is 0 Å². The van der Waals surface area contributed by atoms with E-state index in [-0.39, 0.29) is 24.2 Å². The molecule has 164 valence electrons. The number of carbonyl (C=O) groups excluding carboxylic acids is 1. The molecule has 0 saturated heterocycles. The maximum absolute atomic E-state index is 13.1. The zero-order chi connectivity index (χ0) is 22.7. The Morgan fingerprint density at radius 3 is 2.66 bits per heavy atom. The van der Waals surface area contributed by atoms with Crippen LogP contribution in [0.4, 0.5) is 18.9 Å². The van der Waals surface area contributed by atoms with Gasteiger partial charge in [0.1, 0.15) is 0 Å². The molecule has 0 bridgehead atoms. The van der Waals surface area contributed by atoms with Gasteiger partial charge >= 0.3 is 6.18 Å². The summed E-state index contributed by atoms with van der Waals surface area (Å²) in [6.07, 6.45) is 0.240. The Hall–Kier alpha value is -3.95. The van der Waals surface area contributed by atoms with Crippen LogP contribution in [0.25, 0.3) is 16.6 Å². The SMILES string of the molecule is O=C(CCCn1cnc2ccccc2c1=O)Nc1cc(C(F)(F)F)ccc1-n1cccn1. The predicted octanol–water partition coefficient (Wildman–Crippen LogP) is 4.02. The fourth-order valence-corrected chi connectivity index (χ4v) is 3.31. The molecule has 0 unspecified atom stereocenters. The van der Waals surface area contributed by atoms with Crippen molar-refractivity contribution >= 4 is 22.5 Å². The molecule has 2 heterocycles. The number of anilines is 1. The van der Waals surface area contributed by atoms with Crippen LogP contribution in [-0.4, -0.2) is 25.2 Å². The number of hydrogen-bond donors (Lipinski definition) is 1. The number of halogens is 3. The average molecular weight is 441 g/mol. The molecule has 7 nitrogen and oxygen atoms in total. The number of hydrogen-bond acceptors (Lipinski definition) is 4. The van der Waals surface area contributed by atoms with E-state index in [1.165, 1.54) is 27.8 Å². The van der Waals surface area contributed by atoms with Crippen molar-refractivity contribution in [1.29, 1.82) is 0 Å². The van der Waals surface area contributed by atoms with Crippen molar-refractivity contribution in [3.05, 3.63) is 83.2 Å². The molecule has 0 saturated carbocycles. The minimum absolute atomic E-state index is 0.00179. The van der Waals surface area contributed by atoms with Crippen molar-refractivity contribution in [1.82, 2.24) is 19.3 Å². The van der Waals surface area contributed by atoms with E-state index in [1.54, 1.807) is 36.5 Å². The molecule has 1 amide bonds. The fraction of sp³-hybridized carbons (Fsp3) is 0.182. The number of alkyl halides is 3. The van der Waals surface area contributed by atoms with Crippen LogP contribution < -0.4 is 10.9 Å². The Balaban J connectivity index is 1.47. The summed E-state index contributed by atoms with van der Waals surface area (Å²) in [4.78, 5) is 29.2. The summed E-state index contributed by atoms with van der Waals surface area (Å²) in [6.45, 7) is 0.249. The lowest BCUT2D eigenvalue weighted by Gasteiger charge is -2.15. The molecule has 2 aromatic carbocycles. The molecule has 0 spiro atoms. The van der Waals surface area contributed by atoms with Gasteiger partial charge in [-0.2, -0.15) is 18.3 Å². The van der Waals surface area contributed by atoms with E-state index in [0.29, 0.717) is 23.0 Å². The van der Waals surface area contributed by atoms with E-state index in [1.807, 2.05) is 0 Å². The quantitative estimate of drug-likeness (QED) is 0.490. The van der Waals surface area contributed by atoms with Gasteiger partial charge in [-0.25, -0.2) is 9.67 Å². The maximum atomic E-state index is 13.1. The summed E-state index contributed by atoms with van der Waals surface area (Å²) in [6, 6.07) is 11.6. The van der Waals surface area contributed by atoms with Gasteiger partial charge in [-0.3, -0.25) is 14.2 Å². The first-order valence-electron chi connectivity index (χ1n) is 9.78. The molecule has 32 heavy (non-hydrogen) atoms. The molecule has 0 atom stereocenters. The third kappa shape index (κ3) is 4.53. The number of aryl methyl sites for hydroxylation is 1. The Bertz CT molecular complexity index is 1310. The van der Waals surface area contributed by atoms with E-state index in [0.717, 1.165) is 12.1 Å². The molecule has 0 aliphatic heterocycles. The van der Waals surface area contributed by atoms with Crippen molar-refractivity contribution in [2.24, 2.45) is 0 Å².